The van der Waals surface area contributed by atoms with Gasteiger partial charge in [-0.3, -0.25) is 38.4 Å². The molecule has 0 saturated carbocycles. The van der Waals surface area contributed by atoms with E-state index in [4.69, 9.17) is 57.4 Å². The van der Waals surface area contributed by atoms with Crippen molar-refractivity contribution in [2.75, 3.05) is 19.7 Å². The highest BCUT2D eigenvalue weighted by Gasteiger charge is 2.52. The number of primary amides is 1. The van der Waals surface area contributed by atoms with Crippen LogP contribution in [0, 0.1) is 17.8 Å². The number of hydrogen-bond donors (Lipinski definition) is 17. The van der Waals surface area contributed by atoms with Crippen molar-refractivity contribution in [1.29, 1.82) is 0 Å². The number of fused-ring (bicyclic) bond motifs is 15. The zero-order valence-corrected chi connectivity index (χ0v) is 60.9. The number of hydrogen-bond acceptors (Lipinski definition) is 25. The number of nitrogens with two attached hydrogens (primary N) is 1. The van der Waals surface area contributed by atoms with E-state index in [1.165, 1.54) is 31.2 Å². The van der Waals surface area contributed by atoms with E-state index in [1.54, 1.807) is 20.8 Å². The van der Waals surface area contributed by atoms with Crippen LogP contribution in [-0.4, -0.2) is 191 Å². The Bertz CT molecular complexity index is 4280. The maximum atomic E-state index is 16.3. The maximum absolute atomic E-state index is 16.3. The normalized spacial score (nSPS) is 28.4. The van der Waals surface area contributed by atoms with E-state index in [0.717, 1.165) is 54.6 Å². The van der Waals surface area contributed by atoms with Gasteiger partial charge in [-0.1, -0.05) is 69.1 Å². The summed E-state index contributed by atoms with van der Waals surface area (Å²) in [6.07, 6.45) is -19.8. The Kier molecular flexibility index (Phi) is 25.6. The van der Waals surface area contributed by atoms with E-state index < -0.39 is 238 Å². The summed E-state index contributed by atoms with van der Waals surface area (Å²) in [5, 5.41) is 131. The molecule has 5 aromatic carbocycles. The fourth-order valence-corrected chi connectivity index (χ4v) is 14.5. The number of carbonyl (C=O) groups is 9. The molecule has 18 atom stereocenters. The summed E-state index contributed by atoms with van der Waals surface area (Å²) in [4.78, 5) is 130. The van der Waals surface area contributed by atoms with Crippen molar-refractivity contribution in [3.63, 3.8) is 0 Å². The number of aliphatic hydroxyl groups excluding tert-OH is 6. The fourth-order valence-electron chi connectivity index (χ4n) is 14.1. The molecule has 582 valence electrons. The Morgan fingerprint density at radius 1 is 0.731 bits per heavy atom. The molecule has 0 aliphatic carbocycles. The van der Waals surface area contributed by atoms with Crippen LogP contribution in [0.4, 0.5) is 0 Å². The van der Waals surface area contributed by atoms with Crippen LogP contribution in [0.2, 0.25) is 10.0 Å². The third kappa shape index (κ3) is 17.9. The van der Waals surface area contributed by atoms with E-state index in [0.29, 0.717) is 6.42 Å². The lowest BCUT2D eigenvalue weighted by molar-refractivity contribution is -0.334. The van der Waals surface area contributed by atoms with Crippen molar-refractivity contribution in [2.24, 2.45) is 23.5 Å². The number of ether oxygens (including phenoxy) is 6. The van der Waals surface area contributed by atoms with Gasteiger partial charge in [-0.15, -0.1) is 0 Å². The average molecular weight is 1550 g/mol. The SMILES string of the molecule is CCC(=O)NCCN[C@@]1(C)C[C@H](O[C@H]2[C@H](Oc3c4cc5cc3Oc3ccc(cc3Cl)[C@@H](O)[C@@H](NC(=O)[C@H](CC)CC(C)C)C(=O)C[C@@H](CC(N)=O)C(=O)N[C@H]5C(=O)C[C@H]3C(=O)N[C@H](C(=O)N[C@@H](C(=O)O)c5cc(O)cc(O)c5-c5cc3ccc5O)[C@H](O)c3ccc(c(Cl)c3)O4)O[C@H](CO)[C@@H](O)[C@@H]2O)O[C@@H](C)[C@H]1O. The van der Waals surface area contributed by atoms with Crippen LogP contribution in [0.25, 0.3) is 11.1 Å². The molecule has 0 unspecified atom stereocenters. The number of rotatable bonds is 18. The molecule has 2 saturated heterocycles. The van der Waals surface area contributed by atoms with Gasteiger partial charge in [0.2, 0.25) is 47.5 Å². The number of ketones is 2. The highest BCUT2D eigenvalue weighted by Crippen LogP contribution is 2.50. The molecule has 34 heteroatoms. The van der Waals surface area contributed by atoms with E-state index in [9.17, 15) is 75.0 Å². The molecule has 0 spiro atoms. The third-order valence-corrected chi connectivity index (χ3v) is 20.5. The number of aliphatic carboxylic acids is 1. The summed E-state index contributed by atoms with van der Waals surface area (Å²) in [5.74, 6) is -19.3. The van der Waals surface area contributed by atoms with Crippen molar-refractivity contribution >= 4 is 76.2 Å². The van der Waals surface area contributed by atoms with Crippen LogP contribution in [0.5, 0.6) is 46.0 Å². The second-order valence-electron chi connectivity index (χ2n) is 28.1. The van der Waals surface area contributed by atoms with Crippen LogP contribution in [-0.2, 0) is 57.4 Å². The summed E-state index contributed by atoms with van der Waals surface area (Å²) in [7, 11) is 0. The fraction of sp³-hybridized carbons (Fsp3) is 0.473. The Hall–Kier alpha value is -9.29. The van der Waals surface area contributed by atoms with Crippen LogP contribution in [0.3, 0.4) is 0 Å². The highest BCUT2D eigenvalue weighted by molar-refractivity contribution is 6.32. The number of carboxylic acids is 1. The minimum Gasteiger partial charge on any atom is -0.508 e. The molecular weight excluding hydrogens is 1460 g/mol. The van der Waals surface area contributed by atoms with Gasteiger partial charge in [0.1, 0.15) is 77.4 Å². The Morgan fingerprint density at radius 3 is 1.98 bits per heavy atom. The number of aromatic hydroxyl groups is 3. The second-order valence-corrected chi connectivity index (χ2v) is 28.9. The van der Waals surface area contributed by atoms with Gasteiger partial charge in [-0.2, -0.15) is 0 Å². The molecule has 7 aliphatic rings. The van der Waals surface area contributed by atoms with Crippen LogP contribution in [0.15, 0.2) is 78.9 Å². The highest BCUT2D eigenvalue weighted by atomic mass is 35.5. The Labute approximate surface area is 628 Å². The van der Waals surface area contributed by atoms with Crippen molar-refractivity contribution in [1.82, 2.24) is 31.9 Å². The molecular formula is C74H87Cl2N7O25. The summed E-state index contributed by atoms with van der Waals surface area (Å²) in [6.45, 7) is 9.68. The quantitative estimate of drug-likeness (QED) is 0.0556. The average Bonchev–Trinajstić information content (AvgIpc) is 0.767. The monoisotopic (exact) mass is 1540 g/mol. The molecule has 32 nitrogen and oxygen atoms in total. The topological polar surface area (TPSA) is 510 Å². The van der Waals surface area contributed by atoms with Gasteiger partial charge in [-0.25, -0.2) is 4.79 Å². The number of carbonyl (C=O) groups excluding carboxylic acids is 8. The zero-order valence-electron chi connectivity index (χ0n) is 59.4. The smallest absolute Gasteiger partial charge is 0.330 e. The number of amides is 6. The van der Waals surface area contributed by atoms with Crippen molar-refractivity contribution in [3.8, 4) is 57.1 Å². The largest absolute Gasteiger partial charge is 0.508 e. The first-order valence-electron chi connectivity index (χ1n) is 35.1. The minimum atomic E-state index is -2.25. The summed E-state index contributed by atoms with van der Waals surface area (Å²) < 4.78 is 39.1. The molecule has 18 N–H and O–H groups in total. The summed E-state index contributed by atoms with van der Waals surface area (Å²) >= 11 is 14.3. The molecule has 7 aliphatic heterocycles. The summed E-state index contributed by atoms with van der Waals surface area (Å²) in [6, 6.07) is 5.59. The van der Waals surface area contributed by atoms with E-state index in [-0.39, 0.29) is 83.0 Å². The lowest BCUT2D eigenvalue weighted by atomic mass is 9.84. The van der Waals surface area contributed by atoms with Gasteiger partial charge in [0.05, 0.1) is 40.7 Å². The molecule has 7 heterocycles. The van der Waals surface area contributed by atoms with Crippen molar-refractivity contribution in [2.45, 2.75) is 184 Å². The van der Waals surface area contributed by atoms with Crippen molar-refractivity contribution < 1.29 is 123 Å². The van der Waals surface area contributed by atoms with Crippen LogP contribution >= 0.6 is 23.2 Å². The van der Waals surface area contributed by atoms with E-state index in [2.05, 4.69) is 31.9 Å². The standard InChI is InChI=1S/C74H87Cl2N7O25/c1-7-32(17-30(3)4)68(97)82-59-46(88)21-37(24-53(77)90)69(98)80-57-36-22-50(104-48-13-10-34(61(59)92)19-42(48)75)65(108-73-66(64(95)63(94)52(29-84)106-73)107-55-28-74(6,67(96)31(5)103-55)79-16-15-78-54(91)8-2)51(23-36)105-49-14-11-35(20-43(49)76)62(93)60-71(100)81-58(72(101)102)41-25-38(85)26-45(87)56(41)40-18-33(9-12-44(40)86)39(27-47(57)89)70(99)83-60/h9-14,18-20,22-23,25-26,30-32,37,39,52,55,57-64,66-67,73,79,84-87,92-96H,7-8,15-17,21,24,27-29H2,1-6H3,(H2,77,90)(H,78,91)(H,80,98)(H,81,100)(H,82,97)(H,83,99)(H,101,102)/t31-,32+,37-,39+,52+,55-,57+,58+,59-,60-,61+,62+,63+,64-,66+,67+,73-,74-/m0/s1. The number of phenols is 3. The maximum Gasteiger partial charge on any atom is 0.330 e. The number of Topliss-reactive ketones (excluding diaryl/α,β-unsaturated/α-hetero) is 2. The predicted octanol–water partition coefficient (Wildman–Crippen LogP) is 3.68. The van der Waals surface area contributed by atoms with Gasteiger partial charge < -0.3 is 117 Å². The van der Waals surface area contributed by atoms with Crippen molar-refractivity contribution in [3.05, 3.63) is 117 Å². The second kappa shape index (κ2) is 34.1. The number of nitrogens with one attached hydrogen (secondary N) is 6. The lowest BCUT2D eigenvalue weighted by Gasteiger charge is -2.48. The van der Waals surface area contributed by atoms with Gasteiger partial charge in [-0.05, 0) is 109 Å². The van der Waals surface area contributed by atoms with Crippen LogP contribution in [0.1, 0.15) is 145 Å². The predicted molar refractivity (Wildman–Crippen MR) is 380 cm³/mol. The third-order valence-electron chi connectivity index (χ3n) is 19.9. The molecule has 12 rings (SSSR count). The van der Waals surface area contributed by atoms with E-state index >= 15 is 19.2 Å². The molecule has 2 fully saturated rings. The Morgan fingerprint density at radius 2 is 1.38 bits per heavy atom. The van der Waals surface area contributed by atoms with E-state index in [1.807, 2.05) is 13.8 Å². The molecule has 0 aromatic heterocycles. The lowest BCUT2D eigenvalue weighted by Crippen LogP contribution is -2.66. The van der Waals surface area contributed by atoms with Gasteiger partial charge in [0, 0.05) is 79.4 Å². The molecule has 108 heavy (non-hydrogen) atoms. The zero-order chi connectivity index (χ0) is 78.7. The summed E-state index contributed by atoms with van der Waals surface area (Å²) in [5.41, 5.74) is 2.13. The molecule has 11 bridgehead atoms. The number of halogens is 2. The molecule has 5 aromatic rings. The molecule has 6 amide bonds. The number of carboxylic acid groups (broad SMARTS) is 1. The number of aliphatic hydroxyl groups is 6. The first-order valence-corrected chi connectivity index (χ1v) is 35.8. The first kappa shape index (κ1) is 81.2. The van der Waals surface area contributed by atoms with Crippen LogP contribution < -0.4 is 51.8 Å². The van der Waals surface area contributed by atoms with Gasteiger partial charge in [0.25, 0.3) is 0 Å². The Balaban J connectivity index is 1.22. The molecule has 0 radical (unpaired) electrons. The minimum absolute atomic E-state index is 0.0230. The number of benzene rings is 5. The van der Waals surface area contributed by atoms with Gasteiger partial charge in [0.15, 0.2) is 41.5 Å². The van der Waals surface area contributed by atoms with Gasteiger partial charge >= 0.3 is 5.97 Å². The first-order chi connectivity index (χ1) is 51.1. The number of phenolic OH excluding ortho intramolecular Hbond substituents is 3.